The second-order valence-electron chi connectivity index (χ2n) is 9.19. The third-order valence-electron chi connectivity index (χ3n) is 5.93. The number of amides is 1. The van der Waals surface area contributed by atoms with Gasteiger partial charge in [0.2, 0.25) is 5.75 Å². The van der Waals surface area contributed by atoms with E-state index in [4.69, 9.17) is 28.7 Å². The number of ether oxygens (including phenoxy) is 4. The average molecular weight is 578 g/mol. The number of hydrogen-bond donors (Lipinski definition) is 2. The Bertz CT molecular complexity index is 1460. The summed E-state index contributed by atoms with van der Waals surface area (Å²) in [4.78, 5) is 45.0. The molecule has 0 fully saturated rings. The number of anilines is 1. The summed E-state index contributed by atoms with van der Waals surface area (Å²) in [5, 5.41) is 0. The van der Waals surface area contributed by atoms with E-state index in [-0.39, 0.29) is 30.1 Å². The van der Waals surface area contributed by atoms with Crippen LogP contribution in [0.25, 0.3) is 0 Å². The molecule has 1 aromatic carbocycles. The van der Waals surface area contributed by atoms with Crippen LogP contribution in [0.2, 0.25) is 0 Å². The number of pyridine rings is 1. The van der Waals surface area contributed by atoms with Gasteiger partial charge in [-0.15, -0.1) is 0 Å². The van der Waals surface area contributed by atoms with Crippen LogP contribution < -0.4 is 23.8 Å². The van der Waals surface area contributed by atoms with Gasteiger partial charge in [-0.05, 0) is 43.7 Å². The molecule has 0 spiro atoms. The molecule has 0 aliphatic carbocycles. The van der Waals surface area contributed by atoms with Gasteiger partial charge in [-0.1, -0.05) is 0 Å². The van der Waals surface area contributed by atoms with Crippen molar-refractivity contribution in [1.29, 1.82) is 0 Å². The van der Waals surface area contributed by atoms with Gasteiger partial charge in [0, 0.05) is 18.5 Å². The number of hydrogen-bond acceptors (Lipinski definition) is 10. The standard InChI is InChI=1S/C25H28FN4O9P/c1-25(2)24(31)30(13-38-40(32,33)34)23-18(39-25)7-6-15(28-23)11-17-16(26)12-27-21(29-17)10-14-8-19(35-3)22(37-5)20(9-14)36-4/h6-9,12H,10-11,13H2,1-5H3,(H2,32,33,34). The Morgan fingerprint density at radius 3 is 2.33 bits per heavy atom. The molecule has 1 amide bonds. The number of carbonyl (C=O) groups excluding carboxylic acids is 1. The minimum atomic E-state index is -4.89. The van der Waals surface area contributed by atoms with E-state index in [1.807, 2.05) is 0 Å². The predicted octanol–water partition coefficient (Wildman–Crippen LogP) is 2.79. The molecule has 1 aliphatic rings. The number of benzene rings is 1. The highest BCUT2D eigenvalue weighted by Gasteiger charge is 2.42. The summed E-state index contributed by atoms with van der Waals surface area (Å²) in [6, 6.07) is 6.59. The second kappa shape index (κ2) is 11.3. The summed E-state index contributed by atoms with van der Waals surface area (Å²) in [6.45, 7) is 2.24. The van der Waals surface area contributed by atoms with Gasteiger partial charge in [-0.25, -0.2) is 23.9 Å². The molecule has 4 rings (SSSR count). The summed E-state index contributed by atoms with van der Waals surface area (Å²) in [5.41, 5.74) is -0.244. The molecule has 2 aromatic heterocycles. The number of fused-ring (bicyclic) bond motifs is 1. The molecule has 2 N–H and O–H groups in total. The molecule has 1 aliphatic heterocycles. The largest absolute Gasteiger partial charge is 0.493 e. The zero-order chi connectivity index (χ0) is 29.2. The molecule has 0 saturated carbocycles. The number of phosphoric acid groups is 1. The highest BCUT2D eigenvalue weighted by molar-refractivity contribution is 7.46. The summed E-state index contributed by atoms with van der Waals surface area (Å²) < 4.78 is 52.4. The molecule has 0 radical (unpaired) electrons. The fourth-order valence-electron chi connectivity index (χ4n) is 4.08. The van der Waals surface area contributed by atoms with Gasteiger partial charge in [0.25, 0.3) is 5.91 Å². The van der Waals surface area contributed by atoms with Gasteiger partial charge in [-0.2, -0.15) is 0 Å². The van der Waals surface area contributed by atoms with Crippen molar-refractivity contribution in [1.82, 2.24) is 15.0 Å². The maximum atomic E-state index is 14.8. The maximum Gasteiger partial charge on any atom is 0.471 e. The monoisotopic (exact) mass is 578 g/mol. The van der Waals surface area contributed by atoms with Crippen LogP contribution in [-0.4, -0.2) is 64.3 Å². The molecule has 40 heavy (non-hydrogen) atoms. The lowest BCUT2D eigenvalue weighted by atomic mass is 10.1. The SMILES string of the molecule is COc1cc(Cc2ncc(F)c(Cc3ccc4c(n3)N(COP(=O)(O)O)C(=O)C(C)(C)O4)n2)cc(OC)c1OC. The van der Waals surface area contributed by atoms with Crippen molar-refractivity contribution in [3.8, 4) is 23.0 Å². The smallest absolute Gasteiger partial charge is 0.471 e. The molecule has 3 heterocycles. The van der Waals surface area contributed by atoms with Crippen LogP contribution in [-0.2, 0) is 26.7 Å². The number of halogens is 1. The Kier molecular flexibility index (Phi) is 8.26. The lowest BCUT2D eigenvalue weighted by Gasteiger charge is -2.37. The molecular formula is C25H28FN4O9P. The molecule has 0 atom stereocenters. The van der Waals surface area contributed by atoms with Crippen LogP contribution in [0, 0.1) is 5.82 Å². The zero-order valence-electron chi connectivity index (χ0n) is 22.4. The van der Waals surface area contributed by atoms with E-state index >= 15 is 0 Å². The number of phosphoric ester groups is 1. The highest BCUT2D eigenvalue weighted by atomic mass is 31.2. The summed E-state index contributed by atoms with van der Waals surface area (Å²) in [7, 11) is -0.394. The van der Waals surface area contributed by atoms with Crippen molar-refractivity contribution < 1.29 is 47.0 Å². The van der Waals surface area contributed by atoms with Crippen LogP contribution in [0.3, 0.4) is 0 Å². The van der Waals surface area contributed by atoms with Crippen LogP contribution in [0.4, 0.5) is 10.2 Å². The van der Waals surface area contributed by atoms with Crippen molar-refractivity contribution in [3.05, 3.63) is 59.1 Å². The van der Waals surface area contributed by atoms with Gasteiger partial charge in [0.1, 0.15) is 12.6 Å². The molecule has 13 nitrogen and oxygen atoms in total. The van der Waals surface area contributed by atoms with E-state index < -0.39 is 31.9 Å². The van der Waals surface area contributed by atoms with E-state index in [9.17, 15) is 13.8 Å². The molecule has 0 unspecified atom stereocenters. The van der Waals surface area contributed by atoms with Crippen LogP contribution >= 0.6 is 7.82 Å². The fraction of sp³-hybridized carbons (Fsp3) is 0.360. The van der Waals surface area contributed by atoms with Gasteiger partial charge in [0.05, 0.1) is 33.2 Å². The first-order chi connectivity index (χ1) is 18.8. The lowest BCUT2D eigenvalue weighted by molar-refractivity contribution is -0.133. The summed E-state index contributed by atoms with van der Waals surface area (Å²) >= 11 is 0. The Labute approximate surface area is 229 Å². The quantitative estimate of drug-likeness (QED) is 0.339. The van der Waals surface area contributed by atoms with E-state index in [1.54, 1.807) is 18.2 Å². The van der Waals surface area contributed by atoms with E-state index in [1.165, 1.54) is 41.2 Å². The molecule has 3 aromatic rings. The molecule has 214 valence electrons. The third kappa shape index (κ3) is 6.31. The van der Waals surface area contributed by atoms with Crippen LogP contribution in [0.15, 0.2) is 30.5 Å². The van der Waals surface area contributed by atoms with Crippen LogP contribution in [0.1, 0.15) is 36.6 Å². The van der Waals surface area contributed by atoms with Gasteiger partial charge < -0.3 is 28.7 Å². The first kappa shape index (κ1) is 29.2. The van der Waals surface area contributed by atoms with E-state index in [0.717, 1.165) is 16.7 Å². The number of nitrogens with zero attached hydrogens (tertiary/aromatic N) is 4. The van der Waals surface area contributed by atoms with Gasteiger partial charge >= 0.3 is 7.82 Å². The van der Waals surface area contributed by atoms with Crippen LogP contribution in [0.5, 0.6) is 23.0 Å². The Morgan fingerprint density at radius 2 is 1.73 bits per heavy atom. The topological polar surface area (TPSA) is 163 Å². The van der Waals surface area contributed by atoms with Crippen molar-refractivity contribution in [3.63, 3.8) is 0 Å². The third-order valence-corrected chi connectivity index (χ3v) is 6.39. The Morgan fingerprint density at radius 1 is 1.05 bits per heavy atom. The van der Waals surface area contributed by atoms with E-state index in [2.05, 4.69) is 19.5 Å². The molecule has 15 heteroatoms. The minimum Gasteiger partial charge on any atom is -0.493 e. The summed E-state index contributed by atoms with van der Waals surface area (Å²) in [5.74, 6) is 0.521. The van der Waals surface area contributed by atoms with E-state index in [0.29, 0.717) is 28.8 Å². The second-order valence-corrected chi connectivity index (χ2v) is 10.4. The lowest BCUT2D eigenvalue weighted by Crippen LogP contribution is -2.53. The first-order valence-electron chi connectivity index (χ1n) is 11.9. The molecule has 0 saturated heterocycles. The predicted molar refractivity (Wildman–Crippen MR) is 138 cm³/mol. The van der Waals surface area contributed by atoms with Crippen molar-refractivity contribution in [2.75, 3.05) is 33.0 Å². The highest BCUT2D eigenvalue weighted by Crippen LogP contribution is 2.41. The zero-order valence-corrected chi connectivity index (χ0v) is 23.3. The minimum absolute atomic E-state index is 0.0256. The van der Waals surface area contributed by atoms with Gasteiger partial charge in [0.15, 0.2) is 34.5 Å². The molecule has 0 bridgehead atoms. The number of methoxy groups -OCH3 is 3. The Hall–Kier alpha value is -3.84. The van der Waals surface area contributed by atoms with Crippen molar-refractivity contribution >= 4 is 19.5 Å². The maximum absolute atomic E-state index is 14.8. The van der Waals surface area contributed by atoms with Gasteiger partial charge in [-0.3, -0.25) is 14.2 Å². The average Bonchev–Trinajstić information content (AvgIpc) is 2.89. The number of rotatable bonds is 10. The van der Waals surface area contributed by atoms with Crippen molar-refractivity contribution in [2.24, 2.45) is 0 Å². The first-order valence-corrected chi connectivity index (χ1v) is 13.4. The Balaban J connectivity index is 1.62. The number of aromatic nitrogens is 3. The summed E-state index contributed by atoms with van der Waals surface area (Å²) in [6.07, 6.45) is 1.21. The van der Waals surface area contributed by atoms with Crippen molar-refractivity contribution in [2.45, 2.75) is 32.3 Å². The number of carbonyl (C=O) groups is 1. The molecular weight excluding hydrogens is 550 g/mol. The fourth-order valence-corrected chi connectivity index (χ4v) is 4.35. The normalized spacial score (nSPS) is 14.4.